The van der Waals surface area contributed by atoms with Crippen molar-refractivity contribution in [3.8, 4) is 0 Å². The van der Waals surface area contributed by atoms with Gasteiger partial charge in [-0.2, -0.15) is 0 Å². The van der Waals surface area contributed by atoms with Gasteiger partial charge in [0.15, 0.2) is 5.16 Å². The van der Waals surface area contributed by atoms with Crippen LogP contribution in [-0.4, -0.2) is 21.6 Å². The van der Waals surface area contributed by atoms with Crippen LogP contribution < -0.4 is 16.6 Å². The summed E-state index contributed by atoms with van der Waals surface area (Å²) in [5.74, 6) is 0.106. The Kier molecular flexibility index (Phi) is 4.64. The number of carbonyl (C=O) groups is 1. The first-order valence-electron chi connectivity index (χ1n) is 6.31. The van der Waals surface area contributed by atoms with Gasteiger partial charge in [-0.1, -0.05) is 23.9 Å². The molecule has 0 fully saturated rings. The van der Waals surface area contributed by atoms with Crippen molar-refractivity contribution in [2.45, 2.75) is 19.0 Å². The zero-order valence-electron chi connectivity index (χ0n) is 11.8. The van der Waals surface area contributed by atoms with E-state index in [4.69, 9.17) is 5.73 Å². The minimum atomic E-state index is -0.333. The standard InChI is InChI=1S/C14H16N4O2S/c1-8-3-4-9(2)10(5-8)16-13(20)7-21-14-17-11(15)6-12(19)18-14/h3-6H,7H2,1-2H3,(H,16,20)(H3,15,17,18,19). The lowest BCUT2D eigenvalue weighted by atomic mass is 10.1. The number of H-pyrrole nitrogens is 1. The van der Waals surface area contributed by atoms with Crippen molar-refractivity contribution in [2.24, 2.45) is 0 Å². The molecule has 1 aromatic carbocycles. The molecule has 2 rings (SSSR count). The van der Waals surface area contributed by atoms with Crippen molar-refractivity contribution >= 4 is 29.2 Å². The number of nitrogens with one attached hydrogen (secondary N) is 2. The van der Waals surface area contributed by atoms with Gasteiger partial charge in [0.05, 0.1) is 5.75 Å². The molecule has 0 aliphatic carbocycles. The number of hydrogen-bond donors (Lipinski definition) is 3. The average Bonchev–Trinajstić information content (AvgIpc) is 2.40. The summed E-state index contributed by atoms with van der Waals surface area (Å²) in [6.07, 6.45) is 0. The van der Waals surface area contributed by atoms with Gasteiger partial charge in [0.1, 0.15) is 5.82 Å². The molecule has 0 unspecified atom stereocenters. The van der Waals surface area contributed by atoms with E-state index in [1.165, 1.54) is 6.07 Å². The van der Waals surface area contributed by atoms with E-state index >= 15 is 0 Å². The highest BCUT2D eigenvalue weighted by molar-refractivity contribution is 7.99. The molecule has 0 radical (unpaired) electrons. The number of benzene rings is 1. The van der Waals surface area contributed by atoms with Crippen molar-refractivity contribution in [1.82, 2.24) is 9.97 Å². The van der Waals surface area contributed by atoms with Crippen molar-refractivity contribution in [3.05, 3.63) is 45.7 Å². The van der Waals surface area contributed by atoms with Crippen molar-refractivity contribution in [2.75, 3.05) is 16.8 Å². The second-order valence-corrected chi connectivity index (χ2v) is 5.59. The molecule has 1 aromatic heterocycles. The van der Waals surface area contributed by atoms with Crippen LogP contribution in [0.2, 0.25) is 0 Å². The van der Waals surface area contributed by atoms with Crippen LogP contribution in [0, 0.1) is 13.8 Å². The molecule has 1 heterocycles. The third kappa shape index (κ3) is 4.35. The third-order valence-corrected chi connectivity index (χ3v) is 3.62. The Balaban J connectivity index is 1.99. The van der Waals surface area contributed by atoms with Gasteiger partial charge in [0.2, 0.25) is 5.91 Å². The van der Waals surface area contributed by atoms with Crippen LogP contribution in [0.25, 0.3) is 0 Å². The van der Waals surface area contributed by atoms with E-state index in [1.807, 2.05) is 32.0 Å². The Morgan fingerprint density at radius 2 is 2.14 bits per heavy atom. The lowest BCUT2D eigenvalue weighted by molar-refractivity contribution is -0.113. The second kappa shape index (κ2) is 6.45. The molecule has 1 amide bonds. The van der Waals surface area contributed by atoms with Gasteiger partial charge in [0, 0.05) is 11.8 Å². The van der Waals surface area contributed by atoms with Crippen LogP contribution in [0.5, 0.6) is 0 Å². The van der Waals surface area contributed by atoms with Crippen LogP contribution in [0.15, 0.2) is 34.2 Å². The van der Waals surface area contributed by atoms with Crippen LogP contribution >= 0.6 is 11.8 Å². The number of amides is 1. The predicted molar refractivity (Wildman–Crippen MR) is 84.5 cm³/mol. The molecule has 4 N–H and O–H groups in total. The molecular formula is C14H16N4O2S. The van der Waals surface area contributed by atoms with Gasteiger partial charge in [0.25, 0.3) is 5.56 Å². The Morgan fingerprint density at radius 3 is 2.86 bits per heavy atom. The van der Waals surface area contributed by atoms with E-state index in [-0.39, 0.29) is 23.0 Å². The topological polar surface area (TPSA) is 101 Å². The number of thioether (sulfide) groups is 1. The Hall–Kier alpha value is -2.28. The van der Waals surface area contributed by atoms with Crippen molar-refractivity contribution < 1.29 is 4.79 Å². The zero-order valence-corrected chi connectivity index (χ0v) is 12.6. The third-order valence-electron chi connectivity index (χ3n) is 2.75. The number of hydrogen-bond acceptors (Lipinski definition) is 5. The number of nitrogens with two attached hydrogens (primary N) is 1. The molecule has 0 aliphatic rings. The number of carbonyl (C=O) groups excluding carboxylic acids is 1. The summed E-state index contributed by atoms with van der Waals surface area (Å²) in [5, 5.41) is 3.17. The van der Waals surface area contributed by atoms with E-state index in [0.29, 0.717) is 5.16 Å². The maximum atomic E-state index is 11.9. The summed E-state index contributed by atoms with van der Waals surface area (Å²) < 4.78 is 0. The molecule has 21 heavy (non-hydrogen) atoms. The summed E-state index contributed by atoms with van der Waals surface area (Å²) in [4.78, 5) is 29.6. The van der Waals surface area contributed by atoms with E-state index in [9.17, 15) is 9.59 Å². The highest BCUT2D eigenvalue weighted by atomic mass is 32.2. The first-order valence-corrected chi connectivity index (χ1v) is 7.29. The lowest BCUT2D eigenvalue weighted by Crippen LogP contribution is -2.16. The molecule has 7 heteroatoms. The quantitative estimate of drug-likeness (QED) is 0.589. The van der Waals surface area contributed by atoms with E-state index in [2.05, 4.69) is 15.3 Å². The highest BCUT2D eigenvalue weighted by Gasteiger charge is 2.07. The van der Waals surface area contributed by atoms with Crippen LogP contribution in [0.3, 0.4) is 0 Å². The molecule has 0 saturated heterocycles. The van der Waals surface area contributed by atoms with Crippen LogP contribution in [-0.2, 0) is 4.79 Å². The number of aromatic nitrogens is 2. The van der Waals surface area contributed by atoms with E-state index < -0.39 is 0 Å². The first kappa shape index (κ1) is 15.1. The smallest absolute Gasteiger partial charge is 0.253 e. The molecule has 0 aliphatic heterocycles. The van der Waals surface area contributed by atoms with Gasteiger partial charge in [-0.15, -0.1) is 0 Å². The van der Waals surface area contributed by atoms with Crippen molar-refractivity contribution in [3.63, 3.8) is 0 Å². The summed E-state index contributed by atoms with van der Waals surface area (Å²) in [6.45, 7) is 3.89. The summed E-state index contributed by atoms with van der Waals surface area (Å²) in [5.41, 5.74) is 8.00. The number of nitrogen functional groups attached to an aromatic ring is 1. The van der Waals surface area contributed by atoms with Gasteiger partial charge in [-0.3, -0.25) is 9.59 Å². The SMILES string of the molecule is Cc1ccc(C)c(NC(=O)CSc2nc(N)cc(=O)[nH]2)c1. The van der Waals surface area contributed by atoms with Crippen molar-refractivity contribution in [1.29, 1.82) is 0 Å². The summed E-state index contributed by atoms with van der Waals surface area (Å²) in [7, 11) is 0. The Morgan fingerprint density at radius 1 is 1.38 bits per heavy atom. The molecule has 0 saturated carbocycles. The van der Waals surface area contributed by atoms with Gasteiger partial charge in [-0.25, -0.2) is 4.98 Å². The monoisotopic (exact) mass is 304 g/mol. The fraction of sp³-hybridized carbons (Fsp3) is 0.214. The molecule has 0 bridgehead atoms. The van der Waals surface area contributed by atoms with Gasteiger partial charge < -0.3 is 16.0 Å². The number of nitrogens with zero attached hydrogens (tertiary/aromatic N) is 1. The number of rotatable bonds is 4. The number of aromatic amines is 1. The first-order chi connectivity index (χ1) is 9.94. The molecule has 6 nitrogen and oxygen atoms in total. The zero-order chi connectivity index (χ0) is 15.4. The molecule has 110 valence electrons. The summed E-state index contributed by atoms with van der Waals surface area (Å²) in [6, 6.07) is 7.05. The normalized spacial score (nSPS) is 10.4. The fourth-order valence-electron chi connectivity index (χ4n) is 1.71. The maximum Gasteiger partial charge on any atom is 0.253 e. The largest absolute Gasteiger partial charge is 0.383 e. The Labute approximate surface area is 126 Å². The van der Waals surface area contributed by atoms with Crippen LogP contribution in [0.4, 0.5) is 11.5 Å². The number of anilines is 2. The second-order valence-electron chi connectivity index (χ2n) is 4.63. The maximum absolute atomic E-state index is 11.9. The molecule has 0 spiro atoms. The van der Waals surface area contributed by atoms with Gasteiger partial charge >= 0.3 is 0 Å². The number of aryl methyl sites for hydroxylation is 2. The predicted octanol–water partition coefficient (Wildman–Crippen LogP) is 1.70. The minimum absolute atomic E-state index is 0.135. The summed E-state index contributed by atoms with van der Waals surface area (Å²) >= 11 is 1.13. The average molecular weight is 304 g/mol. The molecule has 2 aromatic rings. The lowest BCUT2D eigenvalue weighted by Gasteiger charge is -2.09. The Bertz CT molecular complexity index is 727. The fourth-order valence-corrected chi connectivity index (χ4v) is 2.40. The van der Waals surface area contributed by atoms with Crippen LogP contribution in [0.1, 0.15) is 11.1 Å². The molecular weight excluding hydrogens is 288 g/mol. The highest BCUT2D eigenvalue weighted by Crippen LogP contribution is 2.18. The minimum Gasteiger partial charge on any atom is -0.383 e. The van der Waals surface area contributed by atoms with E-state index in [0.717, 1.165) is 28.6 Å². The van der Waals surface area contributed by atoms with Gasteiger partial charge in [-0.05, 0) is 31.0 Å². The van der Waals surface area contributed by atoms with E-state index in [1.54, 1.807) is 0 Å². The molecule has 0 atom stereocenters.